The van der Waals surface area contributed by atoms with Crippen LogP contribution in [-0.4, -0.2) is 6.18 Å². The smallest absolute Gasteiger partial charge is 0.193 e. The molecule has 0 spiro atoms. The summed E-state index contributed by atoms with van der Waals surface area (Å²) in [5.74, 6) is 1.56. The number of nitriles is 1. The van der Waals surface area contributed by atoms with Gasteiger partial charge in [-0.15, -0.1) is 0 Å². The lowest BCUT2D eigenvalue weighted by Gasteiger charge is -2.61. The maximum absolute atomic E-state index is 13.3. The summed E-state index contributed by atoms with van der Waals surface area (Å²) >= 11 is 0. The largest absolute Gasteiger partial charge is 0.389 e. The van der Waals surface area contributed by atoms with E-state index in [1.807, 2.05) is 0 Å². The van der Waals surface area contributed by atoms with E-state index in [0.29, 0.717) is 30.1 Å². The fourth-order valence-electron chi connectivity index (χ4n) is 7.94. The van der Waals surface area contributed by atoms with Crippen LogP contribution >= 0.6 is 0 Å². The quantitative estimate of drug-likeness (QED) is 0.471. The lowest BCUT2D eigenvalue weighted by Crippen LogP contribution is -2.54. The van der Waals surface area contributed by atoms with Crippen molar-refractivity contribution in [1.29, 1.82) is 5.26 Å². The van der Waals surface area contributed by atoms with Gasteiger partial charge in [-0.2, -0.15) is 18.4 Å². The van der Waals surface area contributed by atoms with Crippen molar-refractivity contribution in [3.8, 4) is 6.07 Å². The zero-order valence-electron chi connectivity index (χ0n) is 17.2. The van der Waals surface area contributed by atoms with Gasteiger partial charge < -0.3 is 0 Å². The van der Waals surface area contributed by atoms with E-state index in [-0.39, 0.29) is 16.7 Å². The van der Waals surface area contributed by atoms with E-state index in [1.54, 1.807) is 6.08 Å². The van der Waals surface area contributed by atoms with E-state index in [9.17, 15) is 18.4 Å². The van der Waals surface area contributed by atoms with Crippen molar-refractivity contribution >= 4 is 0 Å². The summed E-state index contributed by atoms with van der Waals surface area (Å²) in [6.45, 7) is 8.87. The summed E-state index contributed by atoms with van der Waals surface area (Å²) < 4.78 is 40.0. The molecule has 0 aromatic heterocycles. The van der Waals surface area contributed by atoms with Gasteiger partial charge in [-0.3, -0.25) is 0 Å². The minimum Gasteiger partial charge on any atom is -0.193 e. The third-order valence-electron chi connectivity index (χ3n) is 8.66. The highest BCUT2D eigenvalue weighted by molar-refractivity contribution is 5.28. The molecule has 152 valence electrons. The molecular weight excluding hydrogens is 347 g/mol. The van der Waals surface area contributed by atoms with Crippen molar-refractivity contribution in [2.45, 2.75) is 85.2 Å². The van der Waals surface area contributed by atoms with Gasteiger partial charge in [0.1, 0.15) is 0 Å². The van der Waals surface area contributed by atoms with Crippen LogP contribution in [0.15, 0.2) is 11.6 Å². The van der Waals surface area contributed by atoms with Crippen molar-refractivity contribution in [2.75, 3.05) is 0 Å². The second kappa shape index (κ2) is 7.12. The van der Waals surface area contributed by atoms with Gasteiger partial charge in [-0.25, -0.2) is 0 Å². The standard InChI is InChI=1S/C23H34F3N/c1-5-11-21(3)17(14-23(24,25)26)6-8-18-19-9-7-16(10-12-27)22(19,4)13-15(2)20(18)21/h10,15,17-20H,5-9,11,13-14H2,1-4H3/b16-10-/t15-,17?,18?,19?,20?,21?,22?/m0/s1. The van der Waals surface area contributed by atoms with Crippen LogP contribution in [0.3, 0.4) is 0 Å². The minimum absolute atomic E-state index is 0.0697. The Bertz CT molecular complexity index is 631. The lowest BCUT2D eigenvalue weighted by atomic mass is 9.44. The predicted octanol–water partition coefficient (Wildman–Crippen LogP) is 7.29. The molecule has 7 atom stereocenters. The zero-order chi connectivity index (χ0) is 20.0. The van der Waals surface area contributed by atoms with Crippen LogP contribution in [0.4, 0.5) is 13.2 Å². The molecule has 6 unspecified atom stereocenters. The van der Waals surface area contributed by atoms with Gasteiger partial charge in [0.25, 0.3) is 0 Å². The van der Waals surface area contributed by atoms with Crippen LogP contribution in [0.5, 0.6) is 0 Å². The van der Waals surface area contributed by atoms with Gasteiger partial charge in [0.15, 0.2) is 0 Å². The van der Waals surface area contributed by atoms with Crippen LogP contribution in [0, 0.1) is 51.8 Å². The third kappa shape index (κ3) is 3.45. The second-order valence-corrected chi connectivity index (χ2v) is 10.1. The maximum atomic E-state index is 13.3. The van der Waals surface area contributed by atoms with Crippen molar-refractivity contribution in [2.24, 2.45) is 40.4 Å². The molecular formula is C23H34F3N. The van der Waals surface area contributed by atoms with Crippen LogP contribution in [0.1, 0.15) is 79.1 Å². The summed E-state index contributed by atoms with van der Waals surface area (Å²) in [6, 6.07) is 2.24. The molecule has 0 radical (unpaired) electrons. The van der Waals surface area contributed by atoms with Gasteiger partial charge in [0.2, 0.25) is 0 Å². The minimum atomic E-state index is -4.07. The number of allylic oxidation sites excluding steroid dienone is 2. The molecule has 0 saturated heterocycles. The second-order valence-electron chi connectivity index (χ2n) is 10.1. The number of alkyl halides is 3. The van der Waals surface area contributed by atoms with E-state index >= 15 is 0 Å². The Kier molecular flexibility index (Phi) is 5.47. The molecule has 1 nitrogen and oxygen atoms in total. The van der Waals surface area contributed by atoms with Crippen molar-refractivity contribution in [3.05, 3.63) is 11.6 Å². The van der Waals surface area contributed by atoms with E-state index in [4.69, 9.17) is 0 Å². The Morgan fingerprint density at radius 2 is 1.93 bits per heavy atom. The molecule has 3 fully saturated rings. The Morgan fingerprint density at radius 3 is 2.52 bits per heavy atom. The average Bonchev–Trinajstić information content (AvgIpc) is 2.86. The van der Waals surface area contributed by atoms with Crippen LogP contribution in [0.25, 0.3) is 0 Å². The highest BCUT2D eigenvalue weighted by Gasteiger charge is 2.60. The van der Waals surface area contributed by atoms with Crippen molar-refractivity contribution in [1.82, 2.24) is 0 Å². The molecule has 0 heterocycles. The fraction of sp³-hybridized carbons (Fsp3) is 0.870. The highest BCUT2D eigenvalue weighted by Crippen LogP contribution is 2.68. The van der Waals surface area contributed by atoms with Gasteiger partial charge in [-0.1, -0.05) is 39.7 Å². The summed E-state index contributed by atoms with van der Waals surface area (Å²) in [7, 11) is 0. The van der Waals surface area contributed by atoms with Crippen molar-refractivity contribution in [3.63, 3.8) is 0 Å². The first-order valence-electron chi connectivity index (χ1n) is 10.7. The first-order chi connectivity index (χ1) is 12.6. The molecule has 0 amide bonds. The predicted molar refractivity (Wildman–Crippen MR) is 102 cm³/mol. The summed E-state index contributed by atoms with van der Waals surface area (Å²) in [5.41, 5.74) is 1.13. The zero-order valence-corrected chi connectivity index (χ0v) is 17.2. The summed E-state index contributed by atoms with van der Waals surface area (Å²) in [5, 5.41) is 9.19. The fourth-order valence-corrected chi connectivity index (χ4v) is 7.94. The topological polar surface area (TPSA) is 23.8 Å². The molecule has 0 N–H and O–H groups in total. The number of rotatable bonds is 3. The molecule has 3 saturated carbocycles. The molecule has 0 aromatic rings. The molecule has 27 heavy (non-hydrogen) atoms. The van der Waals surface area contributed by atoms with E-state index in [0.717, 1.165) is 38.5 Å². The Hall–Kier alpha value is -0.980. The van der Waals surface area contributed by atoms with Crippen LogP contribution in [-0.2, 0) is 0 Å². The van der Waals surface area contributed by atoms with Crippen molar-refractivity contribution < 1.29 is 13.2 Å². The van der Waals surface area contributed by atoms with Gasteiger partial charge in [0, 0.05) is 12.5 Å². The number of nitrogens with zero attached hydrogens (tertiary/aromatic N) is 1. The molecule has 0 aliphatic heterocycles. The molecule has 0 bridgehead atoms. The Balaban J connectivity index is 1.96. The van der Waals surface area contributed by atoms with E-state index in [2.05, 4.69) is 33.8 Å². The number of hydrogen-bond acceptors (Lipinski definition) is 1. The van der Waals surface area contributed by atoms with E-state index in [1.165, 1.54) is 5.57 Å². The number of fused-ring (bicyclic) bond motifs is 3. The first kappa shape index (κ1) is 20.7. The third-order valence-corrected chi connectivity index (χ3v) is 8.66. The maximum Gasteiger partial charge on any atom is 0.389 e. The summed E-state index contributed by atoms with van der Waals surface area (Å²) in [4.78, 5) is 0. The lowest BCUT2D eigenvalue weighted by molar-refractivity contribution is -0.182. The number of hydrogen-bond donors (Lipinski definition) is 0. The van der Waals surface area contributed by atoms with Crippen LogP contribution in [0.2, 0.25) is 0 Å². The first-order valence-corrected chi connectivity index (χ1v) is 10.7. The molecule has 3 rings (SSSR count). The summed E-state index contributed by atoms with van der Waals surface area (Å²) in [6.07, 6.45) is 3.63. The Morgan fingerprint density at radius 1 is 1.22 bits per heavy atom. The highest BCUT2D eigenvalue weighted by atomic mass is 19.4. The molecule has 3 aliphatic carbocycles. The monoisotopic (exact) mass is 381 g/mol. The molecule has 4 heteroatoms. The van der Waals surface area contributed by atoms with Gasteiger partial charge in [-0.05, 0) is 78.9 Å². The normalized spacial score (nSPS) is 46.0. The molecule has 3 aliphatic rings. The van der Waals surface area contributed by atoms with Gasteiger partial charge >= 0.3 is 6.18 Å². The van der Waals surface area contributed by atoms with Crippen LogP contribution < -0.4 is 0 Å². The number of halogens is 3. The average molecular weight is 382 g/mol. The van der Waals surface area contributed by atoms with Gasteiger partial charge in [0.05, 0.1) is 6.07 Å². The SMILES string of the molecule is CCCC1(C)C(CC(F)(F)F)CCC2C3CC/C(=C/C#N)C3(C)C[C@H](C)C21. The Labute approximate surface area is 162 Å². The van der Waals surface area contributed by atoms with E-state index < -0.39 is 12.6 Å². The molecule has 0 aromatic carbocycles.